The molecule has 0 saturated carbocycles. The summed E-state index contributed by atoms with van der Waals surface area (Å²) < 4.78 is 8.60. The maximum Gasteiger partial charge on any atom is 0.351 e. The Balaban J connectivity index is 3.62. The second-order valence-corrected chi connectivity index (χ2v) is 2.38. The van der Waals surface area contributed by atoms with Crippen LogP contribution < -0.4 is 0 Å². The van der Waals surface area contributed by atoms with E-state index in [1.807, 2.05) is 0 Å². The number of esters is 3. The van der Waals surface area contributed by atoms with Crippen molar-refractivity contribution in [1.29, 1.82) is 0 Å². The molecule has 0 aliphatic rings. The molecule has 0 aromatic heterocycles. The molecule has 0 unspecified atom stereocenters. The molecule has 0 radical (unpaired) electrons. The van der Waals surface area contributed by atoms with Gasteiger partial charge in [-0.25, -0.2) is 4.79 Å². The Morgan fingerprint density at radius 3 is 2.23 bits per heavy atom. The maximum atomic E-state index is 10.7. The van der Waals surface area contributed by atoms with E-state index in [2.05, 4.69) is 9.47 Å². The van der Waals surface area contributed by atoms with Crippen molar-refractivity contribution in [2.45, 2.75) is 26.7 Å². The number of carbonyl (C=O) groups is 3. The van der Waals surface area contributed by atoms with E-state index in [1.165, 1.54) is 6.92 Å². The molecule has 0 aliphatic carbocycles. The molecule has 0 aromatic rings. The summed E-state index contributed by atoms with van der Waals surface area (Å²) in [5, 5.41) is 0. The highest BCUT2D eigenvalue weighted by Crippen LogP contribution is 1.92. The minimum atomic E-state index is -0.839. The van der Waals surface area contributed by atoms with Gasteiger partial charge < -0.3 is 9.47 Å². The first kappa shape index (κ1) is 11.6. The van der Waals surface area contributed by atoms with Gasteiger partial charge in [0, 0.05) is 13.3 Å². The molecule has 0 fully saturated rings. The maximum absolute atomic E-state index is 10.7. The molecule has 0 aromatic carbocycles. The molecule has 74 valence electrons. The lowest BCUT2D eigenvalue weighted by Crippen LogP contribution is -2.18. The first-order valence-electron chi connectivity index (χ1n) is 3.93. The Morgan fingerprint density at radius 2 is 1.77 bits per heavy atom. The van der Waals surface area contributed by atoms with Gasteiger partial charge in [0.25, 0.3) is 0 Å². The number of carbonyl (C=O) groups excluding carboxylic acids is 3. The van der Waals surface area contributed by atoms with Crippen LogP contribution in [0.15, 0.2) is 0 Å². The molecule has 0 N–H and O–H groups in total. The molecule has 0 heterocycles. The van der Waals surface area contributed by atoms with E-state index in [1.54, 1.807) is 6.92 Å². The summed E-state index contributed by atoms with van der Waals surface area (Å²) in [7, 11) is 0. The van der Waals surface area contributed by atoms with Crippen LogP contribution >= 0.6 is 0 Å². The smallest absolute Gasteiger partial charge is 0.351 e. The molecule has 0 atom stereocenters. The van der Waals surface area contributed by atoms with Gasteiger partial charge >= 0.3 is 17.9 Å². The van der Waals surface area contributed by atoms with Crippen molar-refractivity contribution in [3.8, 4) is 0 Å². The van der Waals surface area contributed by atoms with Gasteiger partial charge in [-0.2, -0.15) is 0 Å². The molecule has 0 aliphatic heterocycles. The van der Waals surface area contributed by atoms with E-state index in [9.17, 15) is 14.4 Å². The summed E-state index contributed by atoms with van der Waals surface area (Å²) in [4.78, 5) is 31.7. The fraction of sp³-hybridized carbons (Fsp3) is 0.625. The van der Waals surface area contributed by atoms with Gasteiger partial charge in [0.15, 0.2) is 6.61 Å². The van der Waals surface area contributed by atoms with Crippen LogP contribution in [0.25, 0.3) is 0 Å². The Kier molecular flexibility index (Phi) is 5.50. The molecule has 0 rings (SSSR count). The number of rotatable bonds is 4. The Bertz CT molecular complexity index is 209. The Morgan fingerprint density at radius 1 is 1.15 bits per heavy atom. The van der Waals surface area contributed by atoms with Gasteiger partial charge in [-0.15, -0.1) is 0 Å². The Hall–Kier alpha value is -1.39. The summed E-state index contributed by atoms with van der Waals surface area (Å²) in [5.74, 6) is -2.02. The molecular formula is C8H12O5. The van der Waals surface area contributed by atoms with E-state index in [0.29, 0.717) is 6.42 Å². The van der Waals surface area contributed by atoms with Crippen LogP contribution in [0, 0.1) is 0 Å². The van der Waals surface area contributed by atoms with Crippen molar-refractivity contribution in [3.63, 3.8) is 0 Å². The van der Waals surface area contributed by atoms with Gasteiger partial charge in [0.1, 0.15) is 0 Å². The lowest BCUT2D eigenvalue weighted by molar-refractivity contribution is -0.166. The van der Waals surface area contributed by atoms with Crippen LogP contribution in [0.3, 0.4) is 0 Å². The standard InChI is InChI=1S/C8H12O5/c1-3-4-7(10)13-8(11)5-12-6(2)9/h3-5H2,1-2H3. The van der Waals surface area contributed by atoms with Crippen molar-refractivity contribution in [1.82, 2.24) is 0 Å². The second kappa shape index (κ2) is 6.16. The molecular weight excluding hydrogens is 176 g/mol. The molecule has 5 nitrogen and oxygen atoms in total. The van der Waals surface area contributed by atoms with Crippen molar-refractivity contribution in [3.05, 3.63) is 0 Å². The zero-order valence-electron chi connectivity index (χ0n) is 7.66. The summed E-state index contributed by atoms with van der Waals surface area (Å²) in [6.07, 6.45) is 0.797. The van der Waals surface area contributed by atoms with Crippen LogP contribution in [-0.2, 0) is 23.9 Å². The van der Waals surface area contributed by atoms with Gasteiger partial charge in [-0.05, 0) is 6.42 Å². The summed E-state index contributed by atoms with van der Waals surface area (Å²) >= 11 is 0. The topological polar surface area (TPSA) is 69.7 Å². The van der Waals surface area contributed by atoms with Crippen molar-refractivity contribution >= 4 is 17.9 Å². The summed E-state index contributed by atoms with van der Waals surface area (Å²) in [6, 6.07) is 0. The lowest BCUT2D eigenvalue weighted by Gasteiger charge is -2.01. The van der Waals surface area contributed by atoms with E-state index in [0.717, 1.165) is 0 Å². The van der Waals surface area contributed by atoms with Crippen LogP contribution in [0.2, 0.25) is 0 Å². The van der Waals surface area contributed by atoms with Crippen LogP contribution in [0.5, 0.6) is 0 Å². The molecule has 0 spiro atoms. The van der Waals surface area contributed by atoms with Gasteiger partial charge in [-0.1, -0.05) is 6.92 Å². The Labute approximate surface area is 76.0 Å². The number of hydrogen-bond acceptors (Lipinski definition) is 5. The van der Waals surface area contributed by atoms with E-state index in [-0.39, 0.29) is 6.42 Å². The minimum Gasteiger partial charge on any atom is -0.454 e. The predicted octanol–water partition coefficient (Wildman–Crippen LogP) is 0.419. The highest BCUT2D eigenvalue weighted by molar-refractivity contribution is 5.86. The molecule has 0 amide bonds. The predicted molar refractivity (Wildman–Crippen MR) is 42.6 cm³/mol. The van der Waals surface area contributed by atoms with Crippen molar-refractivity contribution in [2.24, 2.45) is 0 Å². The number of hydrogen-bond donors (Lipinski definition) is 0. The molecule has 0 bridgehead atoms. The zero-order chi connectivity index (χ0) is 10.3. The van der Waals surface area contributed by atoms with E-state index >= 15 is 0 Å². The minimum absolute atomic E-state index is 0.186. The zero-order valence-corrected chi connectivity index (χ0v) is 7.66. The molecule has 0 saturated heterocycles. The quantitative estimate of drug-likeness (QED) is 0.472. The van der Waals surface area contributed by atoms with Crippen LogP contribution in [-0.4, -0.2) is 24.5 Å². The van der Waals surface area contributed by atoms with E-state index < -0.39 is 24.5 Å². The third kappa shape index (κ3) is 6.99. The second-order valence-electron chi connectivity index (χ2n) is 2.38. The van der Waals surface area contributed by atoms with Crippen LogP contribution in [0.1, 0.15) is 26.7 Å². The number of ether oxygens (including phenoxy) is 2. The average molecular weight is 188 g/mol. The highest BCUT2D eigenvalue weighted by Gasteiger charge is 2.10. The first-order valence-corrected chi connectivity index (χ1v) is 3.93. The first-order chi connectivity index (χ1) is 6.06. The van der Waals surface area contributed by atoms with Crippen molar-refractivity contribution < 1.29 is 23.9 Å². The van der Waals surface area contributed by atoms with Crippen LogP contribution in [0.4, 0.5) is 0 Å². The largest absolute Gasteiger partial charge is 0.454 e. The van der Waals surface area contributed by atoms with Gasteiger partial charge in [0.05, 0.1) is 0 Å². The van der Waals surface area contributed by atoms with Gasteiger partial charge in [-0.3, -0.25) is 9.59 Å². The summed E-state index contributed by atoms with van der Waals surface area (Å²) in [6.45, 7) is 2.45. The van der Waals surface area contributed by atoms with Gasteiger partial charge in [0.2, 0.25) is 0 Å². The normalized spacial score (nSPS) is 9.08. The van der Waals surface area contributed by atoms with E-state index in [4.69, 9.17) is 0 Å². The molecule has 5 heteroatoms. The fourth-order valence-corrected chi connectivity index (χ4v) is 0.572. The monoisotopic (exact) mass is 188 g/mol. The lowest BCUT2D eigenvalue weighted by atomic mass is 10.3. The fourth-order valence-electron chi connectivity index (χ4n) is 0.572. The third-order valence-electron chi connectivity index (χ3n) is 1.08. The van der Waals surface area contributed by atoms with Crippen molar-refractivity contribution in [2.75, 3.05) is 6.61 Å². The summed E-state index contributed by atoms with van der Waals surface area (Å²) in [5.41, 5.74) is 0. The molecule has 13 heavy (non-hydrogen) atoms. The highest BCUT2D eigenvalue weighted by atomic mass is 16.6. The third-order valence-corrected chi connectivity index (χ3v) is 1.08. The average Bonchev–Trinajstić information content (AvgIpc) is 2.01. The SMILES string of the molecule is CCCC(=O)OC(=O)COC(C)=O.